The van der Waals surface area contributed by atoms with Crippen LogP contribution in [0.5, 0.6) is 0 Å². The molecule has 0 spiro atoms. The van der Waals surface area contributed by atoms with Crippen molar-refractivity contribution in [1.82, 2.24) is 0 Å². The molecule has 2 rings (SSSR count). The second kappa shape index (κ2) is 15.8. The molecule has 222 valence electrons. The van der Waals surface area contributed by atoms with Gasteiger partial charge in [-0.1, -0.05) is 0 Å². The fourth-order valence-corrected chi connectivity index (χ4v) is 4.75. The molecule has 2 aliphatic rings. The molecule has 0 aromatic heterocycles. The summed E-state index contributed by atoms with van der Waals surface area (Å²) in [5.41, 5.74) is 11.4. The Hall–Kier alpha value is -1.66. The molecule has 1 aliphatic carbocycles. The summed E-state index contributed by atoms with van der Waals surface area (Å²) in [6.45, 7) is -0.210. The van der Waals surface area contributed by atoms with Crippen LogP contribution in [-0.4, -0.2) is 140 Å². The second-order valence-electron chi connectivity index (χ2n) is 9.36. The Labute approximate surface area is 221 Å². The van der Waals surface area contributed by atoms with Gasteiger partial charge in [-0.2, -0.15) is 0 Å². The minimum absolute atomic E-state index is 0.0755. The Morgan fingerprint density at radius 1 is 1.03 bits per heavy atom. The highest BCUT2D eigenvalue weighted by molar-refractivity contribution is 5.80. The Balaban J connectivity index is 2.12. The van der Waals surface area contributed by atoms with Gasteiger partial charge in [-0.25, -0.2) is 9.79 Å². The van der Waals surface area contributed by atoms with Gasteiger partial charge in [0.2, 0.25) is 0 Å². The summed E-state index contributed by atoms with van der Waals surface area (Å²) < 4.78 is 32.1. The molecule has 1 saturated carbocycles. The highest BCUT2D eigenvalue weighted by Crippen LogP contribution is 2.33. The first kappa shape index (κ1) is 32.6. The molecule has 0 amide bonds. The smallest absolute Gasteiger partial charge is 0.330 e. The Morgan fingerprint density at radius 3 is 2.29 bits per heavy atom. The van der Waals surface area contributed by atoms with Crippen LogP contribution in [-0.2, 0) is 33.2 Å². The quantitative estimate of drug-likeness (QED) is 0.0509. The fraction of sp³-hybridized carbons (Fsp3) is 0.913. The van der Waals surface area contributed by atoms with Gasteiger partial charge >= 0.3 is 5.97 Å². The van der Waals surface area contributed by atoms with Crippen molar-refractivity contribution >= 4 is 12.0 Å². The average molecular weight is 554 g/mol. The molecule has 0 aromatic rings. The van der Waals surface area contributed by atoms with Crippen LogP contribution in [0.3, 0.4) is 0 Å². The summed E-state index contributed by atoms with van der Waals surface area (Å²) in [6, 6.07) is -1.14. The van der Waals surface area contributed by atoms with Gasteiger partial charge in [-0.15, -0.1) is 0 Å². The van der Waals surface area contributed by atoms with E-state index in [-0.39, 0.29) is 19.0 Å². The predicted molar refractivity (Wildman–Crippen MR) is 131 cm³/mol. The van der Waals surface area contributed by atoms with Crippen LogP contribution < -0.4 is 11.5 Å². The van der Waals surface area contributed by atoms with Crippen molar-refractivity contribution in [3.8, 4) is 0 Å². The van der Waals surface area contributed by atoms with Crippen LogP contribution in [0.15, 0.2) is 4.99 Å². The molecule has 1 aliphatic heterocycles. The summed E-state index contributed by atoms with van der Waals surface area (Å²) >= 11 is 0. The first-order valence-electron chi connectivity index (χ1n) is 12.6. The van der Waals surface area contributed by atoms with E-state index < -0.39 is 79.7 Å². The van der Waals surface area contributed by atoms with Gasteiger partial charge in [0.1, 0.15) is 36.6 Å². The topological polar surface area (TPSA) is 238 Å². The third-order valence-corrected chi connectivity index (χ3v) is 6.86. The summed E-state index contributed by atoms with van der Waals surface area (Å²) in [6.07, 6.45) is -9.49. The summed E-state index contributed by atoms with van der Waals surface area (Å²) in [5.74, 6) is -1.14. The Kier molecular flexibility index (Phi) is 13.5. The molecule has 0 bridgehead atoms. The molecule has 5 unspecified atom stereocenters. The maximum absolute atomic E-state index is 12.1. The van der Waals surface area contributed by atoms with E-state index in [1.54, 1.807) is 0 Å². The van der Waals surface area contributed by atoms with Crippen molar-refractivity contribution in [1.29, 1.82) is 0 Å². The van der Waals surface area contributed by atoms with E-state index in [0.717, 1.165) is 0 Å². The van der Waals surface area contributed by atoms with Crippen molar-refractivity contribution in [2.45, 2.75) is 86.8 Å². The van der Waals surface area contributed by atoms with E-state index in [9.17, 15) is 30.3 Å². The van der Waals surface area contributed by atoms with E-state index in [0.29, 0.717) is 25.8 Å². The van der Waals surface area contributed by atoms with Crippen LogP contribution in [0.4, 0.5) is 0 Å². The van der Waals surface area contributed by atoms with Crippen molar-refractivity contribution < 1.29 is 58.7 Å². The molecule has 9 N–H and O–H groups in total. The van der Waals surface area contributed by atoms with E-state index in [1.807, 2.05) is 0 Å². The van der Waals surface area contributed by atoms with Gasteiger partial charge in [-0.3, -0.25) is 0 Å². The van der Waals surface area contributed by atoms with E-state index in [4.69, 9.17) is 39.9 Å². The van der Waals surface area contributed by atoms with Gasteiger partial charge in [0.25, 0.3) is 6.02 Å². The molecule has 2 fully saturated rings. The predicted octanol–water partition coefficient (Wildman–Crippen LogP) is -3.42. The first-order chi connectivity index (χ1) is 18.1. The van der Waals surface area contributed by atoms with Crippen LogP contribution in [0, 0.1) is 5.92 Å². The standard InChI is InChI=1S/C23H43N3O12/c1-33-19-11(10-36-23(25)26-12(21(32)34-2)6-4-5-7-24)8-13(15(28)16(19)29)37-20-14(9-27)38-22(35-3)18(31)17(20)30/h11-20,22,27-31H,4-10,24H2,1-3H3,(H2,25,26)/t11?,12?,13-,14?,15?,16-,17-,18?,19-,20-,22-/m1/s1. The fourth-order valence-electron chi connectivity index (χ4n) is 4.75. The zero-order valence-electron chi connectivity index (χ0n) is 22.0. The van der Waals surface area contributed by atoms with Crippen molar-refractivity contribution in [2.75, 3.05) is 41.1 Å². The average Bonchev–Trinajstić information content (AvgIpc) is 2.91. The minimum atomic E-state index is -1.51. The van der Waals surface area contributed by atoms with E-state index in [2.05, 4.69) is 4.99 Å². The number of unbranched alkanes of at least 4 members (excludes halogenated alkanes) is 1. The number of nitrogens with zero attached hydrogens (tertiary/aromatic N) is 1. The second-order valence-corrected chi connectivity index (χ2v) is 9.36. The molecule has 38 heavy (non-hydrogen) atoms. The molecule has 15 heteroatoms. The number of esters is 1. The zero-order chi connectivity index (χ0) is 28.4. The van der Waals surface area contributed by atoms with Crippen molar-refractivity contribution in [3.05, 3.63) is 0 Å². The molecule has 11 atom stereocenters. The maximum Gasteiger partial charge on any atom is 0.330 e. The summed E-state index contributed by atoms with van der Waals surface area (Å²) in [7, 11) is 3.88. The lowest BCUT2D eigenvalue weighted by atomic mass is 9.80. The van der Waals surface area contributed by atoms with Gasteiger partial charge in [0.15, 0.2) is 12.3 Å². The Morgan fingerprint density at radius 2 is 1.71 bits per heavy atom. The molecule has 15 nitrogen and oxygen atoms in total. The van der Waals surface area contributed by atoms with Gasteiger partial charge < -0.3 is 65.4 Å². The number of methoxy groups -OCH3 is 3. The lowest BCUT2D eigenvalue weighted by Crippen LogP contribution is -2.63. The van der Waals surface area contributed by atoms with Crippen LogP contribution >= 0.6 is 0 Å². The molecular formula is C23H43N3O12. The number of carbonyl (C=O) groups is 1. The number of amidine groups is 1. The Bertz CT molecular complexity index is 744. The maximum atomic E-state index is 12.1. The van der Waals surface area contributed by atoms with Crippen LogP contribution in [0.25, 0.3) is 0 Å². The van der Waals surface area contributed by atoms with Gasteiger partial charge in [0.05, 0.1) is 32.5 Å². The van der Waals surface area contributed by atoms with Crippen LogP contribution in [0.2, 0.25) is 0 Å². The normalized spacial score (nSPS) is 37.0. The minimum Gasteiger partial charge on any atom is -0.467 e. The number of nitrogens with two attached hydrogens (primary N) is 2. The highest BCUT2D eigenvalue weighted by Gasteiger charge is 2.50. The van der Waals surface area contributed by atoms with Crippen molar-refractivity contribution in [3.63, 3.8) is 0 Å². The molecule has 1 saturated heterocycles. The third-order valence-electron chi connectivity index (χ3n) is 6.86. The first-order valence-corrected chi connectivity index (χ1v) is 12.6. The SMILES string of the molecule is COC(=O)C(CCCCN)N=C(N)OCC1C[C@@H](O[C@@H]2C(CO)O[C@@H](OC)C(O)[C@H]2O)C(O)[C@@H](O)[C@@H]1OC. The molecule has 0 aromatic carbocycles. The monoisotopic (exact) mass is 553 g/mol. The number of carbonyl (C=O) groups excluding carboxylic acids is 1. The number of ether oxygens (including phenoxy) is 6. The van der Waals surface area contributed by atoms with Crippen LogP contribution in [0.1, 0.15) is 25.7 Å². The lowest BCUT2D eigenvalue weighted by Gasteiger charge is -2.46. The van der Waals surface area contributed by atoms with Gasteiger partial charge in [-0.05, 0) is 32.2 Å². The number of aliphatic hydroxyl groups is 5. The number of hydrogen-bond donors (Lipinski definition) is 7. The number of rotatable bonds is 13. The summed E-state index contributed by atoms with van der Waals surface area (Å²) in [4.78, 5) is 16.2. The van der Waals surface area contributed by atoms with E-state index in [1.165, 1.54) is 21.3 Å². The third kappa shape index (κ3) is 8.17. The molecule has 1 heterocycles. The number of hydrogen-bond acceptors (Lipinski definition) is 14. The van der Waals surface area contributed by atoms with Crippen molar-refractivity contribution in [2.24, 2.45) is 22.4 Å². The number of aliphatic imine (C=N–C) groups is 1. The number of aliphatic hydroxyl groups excluding tert-OH is 5. The molecule has 0 radical (unpaired) electrons. The largest absolute Gasteiger partial charge is 0.467 e. The summed E-state index contributed by atoms with van der Waals surface area (Å²) in [5, 5.41) is 52.0. The highest BCUT2D eigenvalue weighted by atomic mass is 16.7. The van der Waals surface area contributed by atoms with E-state index >= 15 is 0 Å². The molecular weight excluding hydrogens is 510 g/mol. The zero-order valence-corrected chi connectivity index (χ0v) is 22.0. The van der Waals surface area contributed by atoms with Gasteiger partial charge in [0, 0.05) is 20.1 Å². The lowest BCUT2D eigenvalue weighted by molar-refractivity contribution is -0.316.